The fourth-order valence-corrected chi connectivity index (χ4v) is 2.79. The maximum atomic E-state index is 11.8. The molecule has 1 saturated heterocycles. The first-order chi connectivity index (χ1) is 9.79. The average Bonchev–Trinajstić information content (AvgIpc) is 2.76. The highest BCUT2D eigenvalue weighted by Gasteiger charge is 2.41. The Hall–Kier alpha value is -1.25. The number of rotatable bonds is 4. The third-order valence-corrected chi connectivity index (χ3v) is 3.80. The molecule has 0 aliphatic carbocycles. The van der Waals surface area contributed by atoms with E-state index < -0.39 is 44.0 Å². The summed E-state index contributed by atoms with van der Waals surface area (Å²) in [5, 5.41) is 9.65. The van der Waals surface area contributed by atoms with E-state index in [0.717, 1.165) is 0 Å². The standard InChI is InChI=1S/C11H17N2O7P/c1-5-4-13(11(16)12-10(5)15)8-3-7(20-21(17)18)9(19-8)6(2)14/h4,6-9,14,21H,3H2,1-2H3,(H,17,18)(H,12,15,16)/t6-,7?,8+,9+/m0/s1. The molecule has 0 aromatic carbocycles. The number of ether oxygens (including phenoxy) is 1. The topological polar surface area (TPSA) is 131 Å². The Balaban J connectivity index is 2.30. The van der Waals surface area contributed by atoms with Gasteiger partial charge < -0.3 is 19.3 Å². The van der Waals surface area contributed by atoms with Gasteiger partial charge in [-0.05, 0) is 13.8 Å². The van der Waals surface area contributed by atoms with Crippen molar-refractivity contribution in [1.29, 1.82) is 0 Å². The van der Waals surface area contributed by atoms with Gasteiger partial charge in [-0.3, -0.25) is 18.9 Å². The maximum absolute atomic E-state index is 11.8. The summed E-state index contributed by atoms with van der Waals surface area (Å²) in [7, 11) is -3.20. The second-order valence-electron chi connectivity index (χ2n) is 4.93. The SMILES string of the molecule is Cc1cn([C@H]2CC(O[PH](=O)O)[C@@H]([C@H](C)O)O2)c(=O)[nH]c1=O. The van der Waals surface area contributed by atoms with Gasteiger partial charge in [-0.1, -0.05) is 0 Å². The van der Waals surface area contributed by atoms with Crippen LogP contribution in [-0.4, -0.2) is 37.9 Å². The van der Waals surface area contributed by atoms with Crippen molar-refractivity contribution in [3.8, 4) is 0 Å². The molecule has 1 fully saturated rings. The predicted octanol–water partition coefficient (Wildman–Crippen LogP) is -0.719. The van der Waals surface area contributed by atoms with E-state index in [1.807, 2.05) is 0 Å². The minimum atomic E-state index is -3.20. The molecule has 3 N–H and O–H groups in total. The number of H-pyrrole nitrogens is 1. The van der Waals surface area contributed by atoms with Gasteiger partial charge in [-0.2, -0.15) is 0 Å². The van der Waals surface area contributed by atoms with E-state index in [1.54, 1.807) is 0 Å². The molecule has 1 aliphatic heterocycles. The van der Waals surface area contributed by atoms with Gasteiger partial charge in [-0.15, -0.1) is 0 Å². The largest absolute Gasteiger partial charge is 0.391 e. The van der Waals surface area contributed by atoms with Gasteiger partial charge in [0.25, 0.3) is 5.56 Å². The zero-order chi connectivity index (χ0) is 15.7. The second-order valence-corrected chi connectivity index (χ2v) is 5.70. The lowest BCUT2D eigenvalue weighted by Crippen LogP contribution is -2.34. The molecule has 2 rings (SSSR count). The Bertz CT molecular complexity index is 653. The molecule has 1 aromatic rings. The summed E-state index contributed by atoms with van der Waals surface area (Å²) >= 11 is 0. The molecule has 0 spiro atoms. The number of aryl methyl sites for hydroxylation is 1. The van der Waals surface area contributed by atoms with Crippen LogP contribution in [0.3, 0.4) is 0 Å². The molecular weight excluding hydrogens is 303 g/mol. The van der Waals surface area contributed by atoms with Crippen molar-refractivity contribution < 1.29 is 23.8 Å². The Kier molecular flexibility index (Phi) is 4.80. The highest BCUT2D eigenvalue weighted by atomic mass is 31.1. The summed E-state index contributed by atoms with van der Waals surface area (Å²) in [6, 6.07) is 0. The number of nitrogens with zero attached hydrogens (tertiary/aromatic N) is 1. The molecule has 21 heavy (non-hydrogen) atoms. The van der Waals surface area contributed by atoms with E-state index in [9.17, 15) is 19.3 Å². The molecule has 9 nitrogen and oxygen atoms in total. The molecule has 1 aromatic heterocycles. The Morgan fingerprint density at radius 1 is 1.57 bits per heavy atom. The molecule has 5 atom stereocenters. The van der Waals surface area contributed by atoms with Crippen molar-refractivity contribution in [2.24, 2.45) is 0 Å². The minimum absolute atomic E-state index is 0.109. The second kappa shape index (κ2) is 6.25. The van der Waals surface area contributed by atoms with Crippen LogP contribution in [0.25, 0.3) is 0 Å². The number of aromatic amines is 1. The van der Waals surface area contributed by atoms with Crippen molar-refractivity contribution >= 4 is 8.25 Å². The Morgan fingerprint density at radius 2 is 2.24 bits per heavy atom. The van der Waals surface area contributed by atoms with Gasteiger partial charge in [0.05, 0.1) is 12.2 Å². The smallest absolute Gasteiger partial charge is 0.330 e. The number of aliphatic hydroxyl groups is 1. The van der Waals surface area contributed by atoms with Crippen LogP contribution < -0.4 is 11.2 Å². The Labute approximate surface area is 120 Å². The molecular formula is C11H17N2O7P. The van der Waals surface area contributed by atoms with Crippen molar-refractivity contribution in [2.75, 3.05) is 0 Å². The molecule has 1 aliphatic rings. The van der Waals surface area contributed by atoms with Crippen LogP contribution in [0.2, 0.25) is 0 Å². The predicted molar refractivity (Wildman–Crippen MR) is 72.4 cm³/mol. The van der Waals surface area contributed by atoms with E-state index in [1.165, 1.54) is 24.6 Å². The molecule has 2 heterocycles. The quantitative estimate of drug-likeness (QED) is 0.624. The lowest BCUT2D eigenvalue weighted by molar-refractivity contribution is -0.0735. The van der Waals surface area contributed by atoms with Crippen LogP contribution in [0.15, 0.2) is 15.8 Å². The summed E-state index contributed by atoms with van der Waals surface area (Å²) in [6.45, 7) is 3.00. The fourth-order valence-electron chi connectivity index (χ4n) is 2.31. The number of hydrogen-bond acceptors (Lipinski definition) is 6. The summed E-state index contributed by atoms with van der Waals surface area (Å²) in [4.78, 5) is 34.2. The normalized spacial score (nSPS) is 28.5. The van der Waals surface area contributed by atoms with E-state index in [0.29, 0.717) is 5.56 Å². The highest BCUT2D eigenvalue weighted by Crippen LogP contribution is 2.36. The van der Waals surface area contributed by atoms with E-state index >= 15 is 0 Å². The van der Waals surface area contributed by atoms with Gasteiger partial charge in [0, 0.05) is 18.2 Å². The molecule has 0 bridgehead atoms. The van der Waals surface area contributed by atoms with Crippen LogP contribution >= 0.6 is 8.25 Å². The monoisotopic (exact) mass is 320 g/mol. The molecule has 118 valence electrons. The molecule has 0 amide bonds. The first-order valence-corrected chi connectivity index (χ1v) is 7.61. The molecule has 10 heteroatoms. The van der Waals surface area contributed by atoms with Gasteiger partial charge in [-0.25, -0.2) is 4.79 Å². The van der Waals surface area contributed by atoms with Crippen molar-refractivity contribution in [1.82, 2.24) is 9.55 Å². The number of aliphatic hydroxyl groups excluding tert-OH is 1. The van der Waals surface area contributed by atoms with Crippen molar-refractivity contribution in [3.05, 3.63) is 32.6 Å². The van der Waals surface area contributed by atoms with Gasteiger partial charge >= 0.3 is 13.9 Å². The van der Waals surface area contributed by atoms with Crippen molar-refractivity contribution in [2.45, 2.75) is 44.8 Å². The van der Waals surface area contributed by atoms with Gasteiger partial charge in [0.1, 0.15) is 12.3 Å². The van der Waals surface area contributed by atoms with Gasteiger partial charge in [0.2, 0.25) is 0 Å². The third-order valence-electron chi connectivity index (χ3n) is 3.30. The zero-order valence-corrected chi connectivity index (χ0v) is 12.5. The van der Waals surface area contributed by atoms with Crippen LogP contribution in [0.4, 0.5) is 0 Å². The van der Waals surface area contributed by atoms with Crippen molar-refractivity contribution in [3.63, 3.8) is 0 Å². The van der Waals surface area contributed by atoms with E-state index in [4.69, 9.17) is 14.2 Å². The third kappa shape index (κ3) is 3.50. The highest BCUT2D eigenvalue weighted by molar-refractivity contribution is 7.32. The summed E-state index contributed by atoms with van der Waals surface area (Å²) < 4.78 is 22.4. The maximum Gasteiger partial charge on any atom is 0.330 e. The first kappa shape index (κ1) is 16.1. The van der Waals surface area contributed by atoms with Crippen LogP contribution in [0.5, 0.6) is 0 Å². The number of nitrogens with one attached hydrogen (secondary N) is 1. The molecule has 0 radical (unpaired) electrons. The number of hydrogen-bond donors (Lipinski definition) is 3. The van der Waals surface area contributed by atoms with E-state index in [2.05, 4.69) is 4.98 Å². The summed E-state index contributed by atoms with van der Waals surface area (Å²) in [6.07, 6.45) is -1.94. The first-order valence-electron chi connectivity index (χ1n) is 6.34. The van der Waals surface area contributed by atoms with Crippen LogP contribution in [-0.2, 0) is 13.8 Å². The summed E-state index contributed by atoms with van der Waals surface area (Å²) in [5.74, 6) is 0. The van der Waals surface area contributed by atoms with Crippen LogP contribution in [0.1, 0.15) is 25.1 Å². The lowest BCUT2D eigenvalue weighted by Gasteiger charge is -2.20. The van der Waals surface area contributed by atoms with Crippen LogP contribution in [0, 0.1) is 6.92 Å². The molecule has 2 unspecified atom stereocenters. The number of aromatic nitrogens is 2. The average molecular weight is 320 g/mol. The summed E-state index contributed by atoms with van der Waals surface area (Å²) in [5.41, 5.74) is -0.821. The lowest BCUT2D eigenvalue weighted by atomic mass is 10.1. The zero-order valence-electron chi connectivity index (χ0n) is 11.5. The van der Waals surface area contributed by atoms with E-state index in [-0.39, 0.29) is 6.42 Å². The molecule has 0 saturated carbocycles. The Morgan fingerprint density at radius 3 is 2.81 bits per heavy atom. The fraction of sp³-hybridized carbons (Fsp3) is 0.636. The minimum Gasteiger partial charge on any atom is -0.391 e. The van der Waals surface area contributed by atoms with Gasteiger partial charge in [0.15, 0.2) is 0 Å².